The maximum absolute atomic E-state index is 11.1. The first-order valence-corrected chi connectivity index (χ1v) is 4.59. The summed E-state index contributed by atoms with van der Waals surface area (Å²) in [4.78, 5) is 11.1. The first kappa shape index (κ1) is 12.4. The molecule has 2 atom stereocenters. The molecule has 4 nitrogen and oxygen atoms in total. The van der Waals surface area contributed by atoms with Gasteiger partial charge < -0.3 is 15.6 Å². The van der Waals surface area contributed by atoms with Crippen molar-refractivity contribution >= 4 is 5.97 Å². The SMILES string of the molecule is CCOC(=O)C(N)C(O)CC(C)C. The number of aliphatic hydroxyl groups is 1. The van der Waals surface area contributed by atoms with Gasteiger partial charge in [0.05, 0.1) is 12.7 Å². The molecule has 13 heavy (non-hydrogen) atoms. The molecule has 0 heterocycles. The second-order valence-corrected chi connectivity index (χ2v) is 3.47. The highest BCUT2D eigenvalue weighted by molar-refractivity contribution is 5.76. The second-order valence-electron chi connectivity index (χ2n) is 3.47. The van der Waals surface area contributed by atoms with Crippen LogP contribution in [0.3, 0.4) is 0 Å². The summed E-state index contributed by atoms with van der Waals surface area (Å²) in [5.41, 5.74) is 5.47. The van der Waals surface area contributed by atoms with E-state index in [4.69, 9.17) is 5.73 Å². The van der Waals surface area contributed by atoms with Gasteiger partial charge in [-0.15, -0.1) is 0 Å². The molecule has 0 aliphatic heterocycles. The van der Waals surface area contributed by atoms with Crippen molar-refractivity contribution in [3.63, 3.8) is 0 Å². The number of hydrogen-bond acceptors (Lipinski definition) is 4. The van der Waals surface area contributed by atoms with E-state index < -0.39 is 18.1 Å². The Morgan fingerprint density at radius 3 is 2.46 bits per heavy atom. The molecular weight excluding hydrogens is 170 g/mol. The van der Waals surface area contributed by atoms with Gasteiger partial charge in [0.1, 0.15) is 6.04 Å². The number of esters is 1. The van der Waals surface area contributed by atoms with Gasteiger partial charge in [0.15, 0.2) is 0 Å². The van der Waals surface area contributed by atoms with E-state index >= 15 is 0 Å². The molecular formula is C9H19NO3. The molecule has 0 saturated heterocycles. The Balaban J connectivity index is 3.93. The van der Waals surface area contributed by atoms with Crippen molar-refractivity contribution in [2.75, 3.05) is 6.61 Å². The summed E-state index contributed by atoms with van der Waals surface area (Å²) in [6, 6.07) is -0.914. The van der Waals surface area contributed by atoms with Gasteiger partial charge in [-0.25, -0.2) is 0 Å². The van der Waals surface area contributed by atoms with Crippen molar-refractivity contribution in [1.82, 2.24) is 0 Å². The van der Waals surface area contributed by atoms with Crippen LogP contribution >= 0.6 is 0 Å². The third-order valence-corrected chi connectivity index (χ3v) is 1.69. The quantitative estimate of drug-likeness (QED) is 0.609. The number of carbonyl (C=O) groups excluding carboxylic acids is 1. The van der Waals surface area contributed by atoms with Crippen molar-refractivity contribution in [2.24, 2.45) is 11.7 Å². The van der Waals surface area contributed by atoms with E-state index in [0.717, 1.165) is 0 Å². The molecule has 0 aliphatic carbocycles. The molecule has 0 aliphatic rings. The van der Waals surface area contributed by atoms with Crippen LogP contribution in [0, 0.1) is 5.92 Å². The molecule has 0 rings (SSSR count). The van der Waals surface area contributed by atoms with E-state index in [-0.39, 0.29) is 0 Å². The zero-order valence-electron chi connectivity index (χ0n) is 8.49. The molecule has 2 unspecified atom stereocenters. The largest absolute Gasteiger partial charge is 0.465 e. The van der Waals surface area contributed by atoms with Crippen LogP contribution in [0.1, 0.15) is 27.2 Å². The van der Waals surface area contributed by atoms with Gasteiger partial charge in [-0.3, -0.25) is 4.79 Å². The fraction of sp³-hybridized carbons (Fsp3) is 0.889. The third kappa shape index (κ3) is 4.85. The fourth-order valence-corrected chi connectivity index (χ4v) is 1.03. The van der Waals surface area contributed by atoms with E-state index in [1.807, 2.05) is 13.8 Å². The van der Waals surface area contributed by atoms with Crippen LogP contribution in [-0.4, -0.2) is 29.8 Å². The number of carbonyl (C=O) groups is 1. The zero-order chi connectivity index (χ0) is 10.4. The normalized spacial score (nSPS) is 15.5. The summed E-state index contributed by atoms with van der Waals surface area (Å²) in [5.74, 6) is -0.217. The van der Waals surface area contributed by atoms with E-state index in [0.29, 0.717) is 18.9 Å². The monoisotopic (exact) mass is 189 g/mol. The van der Waals surface area contributed by atoms with Gasteiger partial charge in [0.25, 0.3) is 0 Å². The summed E-state index contributed by atoms with van der Waals surface area (Å²) in [7, 11) is 0. The lowest BCUT2D eigenvalue weighted by Crippen LogP contribution is -2.43. The van der Waals surface area contributed by atoms with Gasteiger partial charge in [-0.05, 0) is 19.3 Å². The Kier molecular flexibility index (Phi) is 5.66. The molecule has 0 amide bonds. The van der Waals surface area contributed by atoms with E-state index in [1.54, 1.807) is 6.92 Å². The molecule has 0 fully saturated rings. The predicted octanol–water partition coefficient (Wildman–Crippen LogP) is 0.284. The Hall–Kier alpha value is -0.610. The molecule has 0 aromatic heterocycles. The topological polar surface area (TPSA) is 72.5 Å². The highest BCUT2D eigenvalue weighted by Crippen LogP contribution is 2.07. The van der Waals surface area contributed by atoms with Crippen molar-refractivity contribution in [2.45, 2.75) is 39.3 Å². The van der Waals surface area contributed by atoms with Crippen LogP contribution in [0.4, 0.5) is 0 Å². The first-order chi connectivity index (χ1) is 5.99. The first-order valence-electron chi connectivity index (χ1n) is 4.59. The summed E-state index contributed by atoms with van der Waals surface area (Å²) in [5, 5.41) is 9.46. The van der Waals surface area contributed by atoms with Gasteiger partial charge in [-0.2, -0.15) is 0 Å². The lowest BCUT2D eigenvalue weighted by Gasteiger charge is -2.18. The summed E-state index contributed by atoms with van der Waals surface area (Å²) >= 11 is 0. The predicted molar refractivity (Wildman–Crippen MR) is 50.1 cm³/mol. The van der Waals surface area contributed by atoms with E-state index in [9.17, 15) is 9.90 Å². The number of nitrogens with two attached hydrogens (primary N) is 1. The average Bonchev–Trinajstić information content (AvgIpc) is 2.02. The molecule has 0 spiro atoms. The molecule has 0 aromatic rings. The smallest absolute Gasteiger partial charge is 0.325 e. The highest BCUT2D eigenvalue weighted by Gasteiger charge is 2.24. The highest BCUT2D eigenvalue weighted by atomic mass is 16.5. The lowest BCUT2D eigenvalue weighted by atomic mass is 10.0. The number of ether oxygens (including phenoxy) is 1. The average molecular weight is 189 g/mol. The zero-order valence-corrected chi connectivity index (χ0v) is 8.49. The van der Waals surface area contributed by atoms with Gasteiger partial charge in [0, 0.05) is 0 Å². The number of aliphatic hydroxyl groups excluding tert-OH is 1. The molecule has 0 bridgehead atoms. The Bertz CT molecular complexity index is 159. The Morgan fingerprint density at radius 1 is 1.54 bits per heavy atom. The van der Waals surface area contributed by atoms with Crippen LogP contribution in [0.2, 0.25) is 0 Å². The molecule has 0 aromatic carbocycles. The summed E-state index contributed by atoms with van der Waals surface area (Å²) < 4.78 is 4.68. The summed E-state index contributed by atoms with van der Waals surface area (Å²) in [6.07, 6.45) is -0.293. The minimum Gasteiger partial charge on any atom is -0.465 e. The fourth-order valence-electron chi connectivity index (χ4n) is 1.03. The van der Waals surface area contributed by atoms with Gasteiger partial charge >= 0.3 is 5.97 Å². The van der Waals surface area contributed by atoms with Crippen LogP contribution < -0.4 is 5.73 Å². The minimum atomic E-state index is -0.914. The van der Waals surface area contributed by atoms with Crippen molar-refractivity contribution < 1.29 is 14.6 Å². The standard InChI is InChI=1S/C9H19NO3/c1-4-13-9(12)8(10)7(11)5-6(2)3/h6-8,11H,4-5,10H2,1-3H3. The van der Waals surface area contributed by atoms with Crippen molar-refractivity contribution in [1.29, 1.82) is 0 Å². The molecule has 3 N–H and O–H groups in total. The molecule has 4 heteroatoms. The van der Waals surface area contributed by atoms with Crippen LogP contribution in [0.15, 0.2) is 0 Å². The van der Waals surface area contributed by atoms with E-state index in [1.165, 1.54) is 0 Å². The molecule has 78 valence electrons. The number of hydrogen-bond donors (Lipinski definition) is 2. The maximum Gasteiger partial charge on any atom is 0.325 e. The summed E-state index contributed by atoms with van der Waals surface area (Å²) in [6.45, 7) is 5.92. The Labute approximate surface area is 79.1 Å². The van der Waals surface area contributed by atoms with Gasteiger partial charge in [-0.1, -0.05) is 13.8 Å². The molecule has 0 radical (unpaired) electrons. The lowest BCUT2D eigenvalue weighted by molar-refractivity contribution is -0.147. The van der Waals surface area contributed by atoms with E-state index in [2.05, 4.69) is 4.74 Å². The van der Waals surface area contributed by atoms with Crippen LogP contribution in [0.25, 0.3) is 0 Å². The van der Waals surface area contributed by atoms with Crippen molar-refractivity contribution in [3.8, 4) is 0 Å². The maximum atomic E-state index is 11.1. The Morgan fingerprint density at radius 2 is 2.08 bits per heavy atom. The minimum absolute atomic E-state index is 0.293. The second kappa shape index (κ2) is 5.94. The third-order valence-electron chi connectivity index (χ3n) is 1.69. The van der Waals surface area contributed by atoms with Gasteiger partial charge in [0.2, 0.25) is 0 Å². The molecule has 0 saturated carbocycles. The van der Waals surface area contributed by atoms with Crippen molar-refractivity contribution in [3.05, 3.63) is 0 Å². The van der Waals surface area contributed by atoms with Crippen LogP contribution in [0.5, 0.6) is 0 Å². The number of rotatable bonds is 5. The van der Waals surface area contributed by atoms with Crippen LogP contribution in [-0.2, 0) is 9.53 Å².